The van der Waals surface area contributed by atoms with E-state index >= 15 is 0 Å². The number of pyridine rings is 1. The number of hydrogen-bond acceptors (Lipinski definition) is 3. The SMILES string of the molecule is CC(C)c1cc(-c2ccc(F)c(CCc3ccc(S(C)(=O)=O)cc3)c2)c2ncccc2c1. The maximum absolute atomic E-state index is 14.6. The Labute approximate surface area is 188 Å². The first kappa shape index (κ1) is 22.2. The maximum atomic E-state index is 14.6. The van der Waals surface area contributed by atoms with Gasteiger partial charge in [0, 0.05) is 23.4 Å². The van der Waals surface area contributed by atoms with Crippen LogP contribution >= 0.6 is 0 Å². The van der Waals surface area contributed by atoms with Crippen molar-refractivity contribution in [1.29, 1.82) is 0 Å². The predicted molar refractivity (Wildman–Crippen MR) is 128 cm³/mol. The number of fused-ring (bicyclic) bond motifs is 1. The van der Waals surface area contributed by atoms with Crippen molar-refractivity contribution in [2.75, 3.05) is 6.26 Å². The van der Waals surface area contributed by atoms with Gasteiger partial charge in [-0.3, -0.25) is 4.98 Å². The molecule has 1 heterocycles. The number of benzene rings is 3. The van der Waals surface area contributed by atoms with E-state index in [2.05, 4.69) is 37.0 Å². The van der Waals surface area contributed by atoms with Crippen molar-refractivity contribution in [1.82, 2.24) is 4.98 Å². The summed E-state index contributed by atoms with van der Waals surface area (Å²) in [5.41, 5.74) is 5.68. The molecule has 0 amide bonds. The number of halogens is 1. The lowest BCUT2D eigenvalue weighted by Gasteiger charge is -2.13. The highest BCUT2D eigenvalue weighted by Gasteiger charge is 2.13. The van der Waals surface area contributed by atoms with Crippen LogP contribution in [-0.2, 0) is 22.7 Å². The number of hydrogen-bond donors (Lipinski definition) is 0. The Balaban J connectivity index is 1.66. The highest BCUT2D eigenvalue weighted by Crippen LogP contribution is 2.32. The number of aromatic nitrogens is 1. The third-order valence-electron chi connectivity index (χ3n) is 5.79. The van der Waals surface area contributed by atoms with Crippen molar-refractivity contribution in [3.8, 4) is 11.1 Å². The second-order valence-electron chi connectivity index (χ2n) is 8.52. The molecule has 3 nitrogen and oxygen atoms in total. The third kappa shape index (κ3) is 4.73. The molecule has 0 saturated heterocycles. The van der Waals surface area contributed by atoms with E-state index in [1.54, 1.807) is 30.5 Å². The number of nitrogens with zero attached hydrogens (tertiary/aromatic N) is 1. The highest BCUT2D eigenvalue weighted by molar-refractivity contribution is 7.90. The molecule has 4 rings (SSSR count). The fourth-order valence-electron chi connectivity index (χ4n) is 3.89. The van der Waals surface area contributed by atoms with Crippen LogP contribution in [0.25, 0.3) is 22.0 Å². The first-order valence-electron chi connectivity index (χ1n) is 10.7. The summed E-state index contributed by atoms with van der Waals surface area (Å²) in [4.78, 5) is 4.88. The van der Waals surface area contributed by atoms with Crippen LogP contribution < -0.4 is 0 Å². The Morgan fingerprint density at radius 1 is 0.938 bits per heavy atom. The van der Waals surface area contributed by atoms with Gasteiger partial charge >= 0.3 is 0 Å². The molecule has 0 radical (unpaired) electrons. The van der Waals surface area contributed by atoms with Gasteiger partial charge in [0.1, 0.15) is 5.82 Å². The molecule has 0 spiro atoms. The summed E-state index contributed by atoms with van der Waals surface area (Å²) < 4.78 is 37.9. The van der Waals surface area contributed by atoms with E-state index in [1.165, 1.54) is 17.9 Å². The summed E-state index contributed by atoms with van der Waals surface area (Å²) in [6.45, 7) is 4.32. The summed E-state index contributed by atoms with van der Waals surface area (Å²) in [6.07, 6.45) is 4.11. The van der Waals surface area contributed by atoms with Crippen molar-refractivity contribution in [2.45, 2.75) is 37.5 Å². The van der Waals surface area contributed by atoms with Gasteiger partial charge in [0.15, 0.2) is 9.84 Å². The average molecular weight is 448 g/mol. The molecule has 0 aliphatic carbocycles. The molecule has 5 heteroatoms. The average Bonchev–Trinajstić information content (AvgIpc) is 2.77. The van der Waals surface area contributed by atoms with E-state index < -0.39 is 9.84 Å². The van der Waals surface area contributed by atoms with Gasteiger partial charge in [-0.15, -0.1) is 0 Å². The zero-order valence-electron chi connectivity index (χ0n) is 18.5. The van der Waals surface area contributed by atoms with Gasteiger partial charge in [0.25, 0.3) is 0 Å². The maximum Gasteiger partial charge on any atom is 0.175 e. The Hall–Kier alpha value is -3.05. The molecule has 0 atom stereocenters. The molecule has 1 aromatic heterocycles. The summed E-state index contributed by atoms with van der Waals surface area (Å²) >= 11 is 0. The van der Waals surface area contributed by atoms with Crippen LogP contribution in [-0.4, -0.2) is 19.7 Å². The summed E-state index contributed by atoms with van der Waals surface area (Å²) in [6, 6.07) is 20.4. The second kappa shape index (κ2) is 8.83. The lowest BCUT2D eigenvalue weighted by molar-refractivity contribution is 0.602. The van der Waals surface area contributed by atoms with E-state index in [0.29, 0.717) is 29.2 Å². The molecule has 0 N–H and O–H groups in total. The normalized spacial score (nSPS) is 11.9. The van der Waals surface area contributed by atoms with Crippen molar-refractivity contribution >= 4 is 20.7 Å². The predicted octanol–water partition coefficient (Wildman–Crippen LogP) is 6.35. The smallest absolute Gasteiger partial charge is 0.175 e. The topological polar surface area (TPSA) is 47.0 Å². The van der Waals surface area contributed by atoms with Crippen LogP contribution in [0.4, 0.5) is 4.39 Å². The molecule has 0 bridgehead atoms. The Bertz CT molecular complexity index is 1380. The van der Waals surface area contributed by atoms with Crippen LogP contribution in [0.15, 0.2) is 77.8 Å². The first-order valence-corrected chi connectivity index (χ1v) is 12.6. The van der Waals surface area contributed by atoms with Gasteiger partial charge in [-0.1, -0.05) is 38.1 Å². The lowest BCUT2D eigenvalue weighted by Crippen LogP contribution is -1.99. The standard InChI is InChI=1S/C27H26FNO2S/c1-18(2)23-16-22-5-4-14-29-27(22)25(17-23)20-10-13-26(28)21(15-20)9-6-19-7-11-24(12-8-19)32(3,30)31/h4-5,7-8,10-18H,6,9H2,1-3H3. The van der Waals surface area contributed by atoms with E-state index in [1.807, 2.05) is 18.2 Å². The molecule has 32 heavy (non-hydrogen) atoms. The van der Waals surface area contributed by atoms with Gasteiger partial charge in [-0.2, -0.15) is 0 Å². The Morgan fingerprint density at radius 3 is 2.38 bits per heavy atom. The minimum Gasteiger partial charge on any atom is -0.256 e. The van der Waals surface area contributed by atoms with Crippen molar-refractivity contribution in [2.24, 2.45) is 0 Å². The van der Waals surface area contributed by atoms with Crippen molar-refractivity contribution in [3.63, 3.8) is 0 Å². The fraction of sp³-hybridized carbons (Fsp3) is 0.222. The summed E-state index contributed by atoms with van der Waals surface area (Å²) in [5, 5.41) is 1.07. The van der Waals surface area contributed by atoms with E-state index in [0.717, 1.165) is 27.6 Å². The minimum atomic E-state index is -3.22. The number of sulfone groups is 1. The molecule has 0 fully saturated rings. The molecular formula is C27H26FNO2S. The highest BCUT2D eigenvalue weighted by atomic mass is 32.2. The van der Waals surface area contributed by atoms with Gasteiger partial charge in [-0.05, 0) is 83.5 Å². The van der Waals surface area contributed by atoms with Crippen molar-refractivity contribution in [3.05, 3.63) is 95.4 Å². The van der Waals surface area contributed by atoms with Gasteiger partial charge < -0.3 is 0 Å². The number of rotatable bonds is 6. The zero-order chi connectivity index (χ0) is 22.9. The minimum absolute atomic E-state index is 0.237. The molecule has 164 valence electrons. The van der Waals surface area contributed by atoms with Crippen LogP contribution in [0.2, 0.25) is 0 Å². The van der Waals surface area contributed by atoms with Gasteiger partial charge in [0.05, 0.1) is 10.4 Å². The second-order valence-corrected chi connectivity index (χ2v) is 10.5. The molecule has 0 saturated carbocycles. The van der Waals surface area contributed by atoms with Gasteiger partial charge in [-0.25, -0.2) is 12.8 Å². The molecule has 0 unspecified atom stereocenters. The molecule has 4 aromatic rings. The zero-order valence-corrected chi connectivity index (χ0v) is 19.3. The van der Waals surface area contributed by atoms with E-state index in [4.69, 9.17) is 0 Å². The molecular weight excluding hydrogens is 421 g/mol. The van der Waals surface area contributed by atoms with Gasteiger partial charge in [0.2, 0.25) is 0 Å². The third-order valence-corrected chi connectivity index (χ3v) is 6.91. The molecule has 3 aromatic carbocycles. The van der Waals surface area contributed by atoms with Crippen LogP contribution in [0.5, 0.6) is 0 Å². The lowest BCUT2D eigenvalue weighted by atomic mass is 9.92. The fourth-order valence-corrected chi connectivity index (χ4v) is 4.52. The Morgan fingerprint density at radius 2 is 1.69 bits per heavy atom. The number of aryl methyl sites for hydroxylation is 2. The summed E-state index contributed by atoms with van der Waals surface area (Å²) in [7, 11) is -3.22. The first-order chi connectivity index (χ1) is 15.2. The molecule has 0 aliphatic rings. The van der Waals surface area contributed by atoms with E-state index in [-0.39, 0.29) is 5.82 Å². The molecule has 0 aliphatic heterocycles. The van der Waals surface area contributed by atoms with Crippen molar-refractivity contribution < 1.29 is 12.8 Å². The van der Waals surface area contributed by atoms with Crippen LogP contribution in [0.1, 0.15) is 36.5 Å². The van der Waals surface area contributed by atoms with Crippen LogP contribution in [0, 0.1) is 5.82 Å². The van der Waals surface area contributed by atoms with Crippen LogP contribution in [0.3, 0.4) is 0 Å². The summed E-state index contributed by atoms with van der Waals surface area (Å²) in [5.74, 6) is 0.131. The largest absolute Gasteiger partial charge is 0.256 e. The monoisotopic (exact) mass is 447 g/mol. The Kier molecular flexibility index (Phi) is 6.11. The quantitative estimate of drug-likeness (QED) is 0.346. The van der Waals surface area contributed by atoms with E-state index in [9.17, 15) is 12.8 Å².